The van der Waals surface area contributed by atoms with E-state index >= 15 is 0 Å². The van der Waals surface area contributed by atoms with E-state index in [4.69, 9.17) is 0 Å². The summed E-state index contributed by atoms with van der Waals surface area (Å²) in [7, 11) is 0. The molecule has 0 N–H and O–H groups in total. The van der Waals surface area contributed by atoms with Crippen LogP contribution >= 0.6 is 0 Å². The van der Waals surface area contributed by atoms with Gasteiger partial charge in [0.2, 0.25) is 0 Å². The van der Waals surface area contributed by atoms with E-state index in [0.29, 0.717) is 11.1 Å². The zero-order chi connectivity index (χ0) is 17.1. The Hall–Kier alpha value is -0.128. The predicted molar refractivity (Wildman–Crippen MR) is 104 cm³/mol. The fraction of sp³-hybridized carbons (Fsp3) is 0.833. The van der Waals surface area contributed by atoms with Gasteiger partial charge in [-0.05, 0) is 0 Å². The summed E-state index contributed by atoms with van der Waals surface area (Å²) >= 11 is 3.82. The molecule has 0 aliphatic heterocycles. The summed E-state index contributed by atoms with van der Waals surface area (Å²) in [5, 5.41) is 0. The Bertz CT molecular complexity index is 680. The van der Waals surface area contributed by atoms with Crippen LogP contribution in [-0.4, -0.2) is 9.13 Å². The molecule has 8 saturated carbocycles. The molecule has 8 aliphatic carbocycles. The zero-order valence-corrected chi connectivity index (χ0v) is 18.4. The van der Waals surface area contributed by atoms with Gasteiger partial charge in [-0.1, -0.05) is 0 Å². The summed E-state index contributed by atoms with van der Waals surface area (Å²) in [4.78, 5) is 0. The monoisotopic (exact) mass is 457 g/mol. The standard InChI is InChI=1S/C23H32N2.CH3.Pd/c1-2-25(23-12-19-6-20(13-23)8-21(7-19)14-23)15-24(1)22-9-16-3-17(10-22)5-18(4-16)11-22;;/h1-2,16-21H,3-14H2;1H3;/q;-1;. The van der Waals surface area contributed by atoms with E-state index in [2.05, 4.69) is 40.3 Å². The van der Waals surface area contributed by atoms with Gasteiger partial charge in [-0.25, -0.2) is 0 Å². The third kappa shape index (κ3) is 2.37. The van der Waals surface area contributed by atoms with Crippen molar-refractivity contribution in [2.45, 2.75) is 88.1 Å². The molecule has 0 radical (unpaired) electrons. The number of rotatable bonds is 2. The molecule has 3 heteroatoms. The summed E-state index contributed by atoms with van der Waals surface area (Å²) in [6, 6.07) is 0. The molecule has 152 valence electrons. The molecule has 0 spiro atoms. The molecule has 8 bridgehead atoms. The van der Waals surface area contributed by atoms with E-state index in [1.54, 1.807) is 0 Å². The second-order valence-corrected chi connectivity index (χ2v) is 12.3. The second kappa shape index (κ2) is 5.73. The first-order valence-electron chi connectivity index (χ1n) is 11.4. The van der Waals surface area contributed by atoms with E-state index in [0.717, 1.165) is 35.5 Å². The molecule has 0 unspecified atom stereocenters. The molecule has 27 heavy (non-hydrogen) atoms. The van der Waals surface area contributed by atoms with Crippen molar-refractivity contribution in [1.29, 1.82) is 0 Å². The van der Waals surface area contributed by atoms with Crippen LogP contribution in [0.5, 0.6) is 0 Å². The SMILES string of the molecule is [CH3-].[Pd]=[c]1n(C23CC4CC(CC(C4)C2)C3)ccn1C12CC3CC(CC(C3)C1)C2. The number of aromatic nitrogens is 2. The Morgan fingerprint density at radius 2 is 0.852 bits per heavy atom. The second-order valence-electron chi connectivity index (χ2n) is 11.6. The van der Waals surface area contributed by atoms with Crippen LogP contribution in [-0.2, 0) is 29.8 Å². The van der Waals surface area contributed by atoms with Gasteiger partial charge in [-0.15, -0.1) is 0 Å². The first-order valence-corrected chi connectivity index (χ1v) is 12.1. The normalized spacial score (nSPS) is 51.6. The van der Waals surface area contributed by atoms with E-state index in [1.165, 1.54) is 80.9 Å². The first kappa shape index (κ1) is 17.7. The average molecular weight is 458 g/mol. The van der Waals surface area contributed by atoms with E-state index < -0.39 is 0 Å². The Morgan fingerprint density at radius 1 is 0.593 bits per heavy atom. The van der Waals surface area contributed by atoms with Gasteiger partial charge >= 0.3 is 168 Å². The molecule has 0 saturated heterocycles. The third-order valence-electron chi connectivity index (χ3n) is 9.77. The number of hydrogen-bond donors (Lipinski definition) is 0. The van der Waals surface area contributed by atoms with Gasteiger partial charge in [0.15, 0.2) is 0 Å². The molecule has 0 amide bonds. The van der Waals surface area contributed by atoms with Crippen LogP contribution in [0.1, 0.15) is 77.0 Å². The first-order chi connectivity index (χ1) is 12.6. The van der Waals surface area contributed by atoms with Crippen LogP contribution in [0, 0.1) is 46.8 Å². The van der Waals surface area contributed by atoms with Crippen LogP contribution in [0.3, 0.4) is 0 Å². The minimum atomic E-state index is 0. The molecule has 1 aromatic rings. The molecular formula is C24H35N2Pd-. The van der Waals surface area contributed by atoms with Crippen molar-refractivity contribution in [2.75, 3.05) is 0 Å². The summed E-state index contributed by atoms with van der Waals surface area (Å²) < 4.78 is 6.95. The van der Waals surface area contributed by atoms with Crippen molar-refractivity contribution in [3.63, 3.8) is 0 Å². The maximum atomic E-state index is 3.82. The van der Waals surface area contributed by atoms with Crippen molar-refractivity contribution in [1.82, 2.24) is 9.13 Å². The number of imidazole rings is 1. The van der Waals surface area contributed by atoms with Gasteiger partial charge in [0.1, 0.15) is 0 Å². The fourth-order valence-corrected chi connectivity index (χ4v) is 10.7. The van der Waals surface area contributed by atoms with Crippen molar-refractivity contribution in [2.24, 2.45) is 35.5 Å². The van der Waals surface area contributed by atoms with Gasteiger partial charge in [0, 0.05) is 0 Å². The summed E-state index contributed by atoms with van der Waals surface area (Å²) in [6.45, 7) is 0. The van der Waals surface area contributed by atoms with E-state index in [-0.39, 0.29) is 7.43 Å². The quantitative estimate of drug-likeness (QED) is 0.400. The minimum absolute atomic E-state index is 0. The third-order valence-corrected chi connectivity index (χ3v) is 10.5. The van der Waals surface area contributed by atoms with Crippen molar-refractivity contribution in [3.05, 3.63) is 23.7 Å². The van der Waals surface area contributed by atoms with Gasteiger partial charge < -0.3 is 7.43 Å². The van der Waals surface area contributed by atoms with Crippen LogP contribution in [0.2, 0.25) is 0 Å². The molecule has 8 fully saturated rings. The Labute approximate surface area is 175 Å². The number of hydrogen-bond acceptors (Lipinski definition) is 0. The Kier molecular flexibility index (Phi) is 3.75. The Balaban J connectivity index is 0.00000146. The van der Waals surface area contributed by atoms with Crippen LogP contribution in [0.25, 0.3) is 0 Å². The Morgan fingerprint density at radius 3 is 1.11 bits per heavy atom. The van der Waals surface area contributed by atoms with Gasteiger partial charge in [0.25, 0.3) is 0 Å². The summed E-state index contributed by atoms with van der Waals surface area (Å²) in [5.41, 5.74) is 0.910. The van der Waals surface area contributed by atoms with Crippen LogP contribution in [0.4, 0.5) is 0 Å². The molecule has 9 rings (SSSR count). The fourth-order valence-electron chi connectivity index (χ4n) is 9.76. The molecule has 2 nitrogen and oxygen atoms in total. The van der Waals surface area contributed by atoms with Crippen molar-refractivity contribution in [3.8, 4) is 0 Å². The van der Waals surface area contributed by atoms with E-state index in [9.17, 15) is 0 Å². The van der Waals surface area contributed by atoms with Crippen LogP contribution in [0.15, 0.2) is 12.4 Å². The van der Waals surface area contributed by atoms with Crippen molar-refractivity contribution < 1.29 is 18.7 Å². The van der Waals surface area contributed by atoms with Gasteiger partial charge in [-0.3, -0.25) is 0 Å². The molecule has 0 aromatic carbocycles. The zero-order valence-electron chi connectivity index (χ0n) is 16.8. The average Bonchev–Trinajstić information content (AvgIpc) is 2.95. The van der Waals surface area contributed by atoms with Crippen molar-refractivity contribution >= 4 is 0 Å². The molecule has 0 atom stereocenters. The van der Waals surface area contributed by atoms with Gasteiger partial charge in [0.05, 0.1) is 0 Å². The van der Waals surface area contributed by atoms with E-state index in [1.807, 2.05) is 0 Å². The molecule has 1 heterocycles. The summed E-state index contributed by atoms with van der Waals surface area (Å²) in [6.07, 6.45) is 23.0. The molecule has 8 aliphatic rings. The molecule has 1 aromatic heterocycles. The topological polar surface area (TPSA) is 9.86 Å². The predicted octanol–water partition coefficient (Wildman–Crippen LogP) is 5.67. The number of nitrogens with zero attached hydrogens (tertiary/aromatic N) is 2. The maximum absolute atomic E-state index is 3.82. The van der Waals surface area contributed by atoms with Gasteiger partial charge in [-0.2, -0.15) is 0 Å². The summed E-state index contributed by atoms with van der Waals surface area (Å²) in [5.74, 6) is 6.13. The molecular weight excluding hydrogens is 423 g/mol. The van der Waals surface area contributed by atoms with Crippen LogP contribution < -0.4 is 0 Å².